The molecule has 1 aliphatic rings. The molecule has 0 atom stereocenters. The molecule has 1 heterocycles. The van der Waals surface area contributed by atoms with Crippen LogP contribution in [0, 0.1) is 0 Å². The second kappa shape index (κ2) is 10.5. The van der Waals surface area contributed by atoms with E-state index in [1.807, 2.05) is 48.5 Å². The fourth-order valence-electron chi connectivity index (χ4n) is 4.82. The van der Waals surface area contributed by atoms with Gasteiger partial charge in [0, 0.05) is 16.8 Å². The molecule has 39 heavy (non-hydrogen) atoms. The summed E-state index contributed by atoms with van der Waals surface area (Å²) in [5, 5.41) is 0. The summed E-state index contributed by atoms with van der Waals surface area (Å²) in [5.41, 5.74) is 5.31. The van der Waals surface area contributed by atoms with E-state index in [4.69, 9.17) is 9.73 Å². The van der Waals surface area contributed by atoms with E-state index in [2.05, 4.69) is 18.6 Å². The largest absolute Gasteiger partial charge is 0.497 e. The summed E-state index contributed by atoms with van der Waals surface area (Å²) in [6.45, 7) is 4.11. The van der Waals surface area contributed by atoms with Gasteiger partial charge in [0.25, 0.3) is 10.0 Å². The summed E-state index contributed by atoms with van der Waals surface area (Å²) < 4.78 is 33.9. The molecule has 198 valence electrons. The number of carbonyl (C=O) groups is 1. The van der Waals surface area contributed by atoms with Crippen LogP contribution < -0.4 is 9.46 Å². The maximum atomic E-state index is 13.2. The summed E-state index contributed by atoms with van der Waals surface area (Å²) in [4.78, 5) is 18.2. The number of ether oxygens (including phenoxy) is 1. The van der Waals surface area contributed by atoms with E-state index >= 15 is 0 Å². The molecule has 0 unspecified atom stereocenters. The molecule has 0 saturated heterocycles. The molecule has 1 N–H and O–H groups in total. The van der Waals surface area contributed by atoms with Crippen molar-refractivity contribution < 1.29 is 17.9 Å². The van der Waals surface area contributed by atoms with Crippen molar-refractivity contribution in [3.05, 3.63) is 114 Å². The Morgan fingerprint density at radius 2 is 1.56 bits per heavy atom. The number of methoxy groups -OCH3 is 1. The molecule has 0 bridgehead atoms. The van der Waals surface area contributed by atoms with Crippen LogP contribution in [0.15, 0.2) is 107 Å². The molecule has 0 aromatic heterocycles. The number of Topliss-reactive ketones (excluding diaryl/α,β-unsaturated/α-hetero) is 1. The van der Waals surface area contributed by atoms with Gasteiger partial charge in [0.1, 0.15) is 5.75 Å². The Kier molecular flexibility index (Phi) is 7.10. The van der Waals surface area contributed by atoms with Gasteiger partial charge >= 0.3 is 0 Å². The van der Waals surface area contributed by atoms with Crippen molar-refractivity contribution >= 4 is 27.2 Å². The summed E-state index contributed by atoms with van der Waals surface area (Å²) in [6.07, 6.45) is 0.927. The minimum absolute atomic E-state index is 0.0915. The highest BCUT2D eigenvalue weighted by atomic mass is 32.2. The zero-order valence-corrected chi connectivity index (χ0v) is 23.0. The lowest BCUT2D eigenvalue weighted by Gasteiger charge is -2.29. The van der Waals surface area contributed by atoms with Crippen molar-refractivity contribution in [2.24, 2.45) is 4.99 Å². The lowest BCUT2D eigenvalue weighted by atomic mass is 9.85. The topological polar surface area (TPSA) is 84.8 Å². The van der Waals surface area contributed by atoms with Crippen LogP contribution in [-0.2, 0) is 16.4 Å². The fraction of sp³-hybridized carbons (Fsp3) is 0.188. The number of ketones is 1. The molecule has 0 spiro atoms. The van der Waals surface area contributed by atoms with Crippen LogP contribution in [0.2, 0.25) is 0 Å². The van der Waals surface area contributed by atoms with Crippen molar-refractivity contribution in [3.63, 3.8) is 0 Å². The molecule has 5 rings (SSSR count). The van der Waals surface area contributed by atoms with Gasteiger partial charge in [-0.15, -0.1) is 0 Å². The molecule has 0 radical (unpaired) electrons. The molecule has 4 aromatic carbocycles. The summed E-state index contributed by atoms with van der Waals surface area (Å²) >= 11 is 0. The Bertz CT molecular complexity index is 1640. The lowest BCUT2D eigenvalue weighted by molar-refractivity contribution is 0.100. The van der Waals surface area contributed by atoms with Crippen LogP contribution in [-0.4, -0.2) is 32.6 Å². The van der Waals surface area contributed by atoms with Crippen LogP contribution in [0.4, 0.5) is 5.69 Å². The second-order valence-corrected chi connectivity index (χ2v) is 11.9. The third kappa shape index (κ3) is 5.94. The fourth-order valence-corrected chi connectivity index (χ4v) is 5.88. The Labute approximate surface area is 229 Å². The number of rotatable bonds is 8. The Morgan fingerprint density at radius 3 is 2.23 bits per heavy atom. The van der Waals surface area contributed by atoms with Gasteiger partial charge in [-0.2, -0.15) is 0 Å². The number of anilines is 1. The summed E-state index contributed by atoms with van der Waals surface area (Å²) in [6, 6.07) is 28.9. The molecule has 0 fully saturated rings. The van der Waals surface area contributed by atoms with Crippen molar-refractivity contribution in [3.8, 4) is 16.9 Å². The van der Waals surface area contributed by atoms with Crippen LogP contribution in [0.1, 0.15) is 41.8 Å². The van der Waals surface area contributed by atoms with E-state index in [1.165, 1.54) is 0 Å². The molecular weight excluding hydrogens is 508 g/mol. The van der Waals surface area contributed by atoms with E-state index < -0.39 is 10.0 Å². The minimum atomic E-state index is -3.79. The number of nitrogens with zero attached hydrogens (tertiary/aromatic N) is 1. The van der Waals surface area contributed by atoms with E-state index in [-0.39, 0.29) is 22.6 Å². The van der Waals surface area contributed by atoms with E-state index in [0.29, 0.717) is 11.3 Å². The average molecular weight is 539 g/mol. The second-order valence-electron chi connectivity index (χ2n) is 10.2. The highest BCUT2D eigenvalue weighted by Crippen LogP contribution is 2.31. The number of carbonyl (C=O) groups excluding carboxylic acids is 1. The maximum Gasteiger partial charge on any atom is 0.261 e. The number of sulfonamides is 1. The van der Waals surface area contributed by atoms with Gasteiger partial charge in [0.05, 0.1) is 29.7 Å². The summed E-state index contributed by atoms with van der Waals surface area (Å²) in [5.74, 6) is 0.631. The third-order valence-electron chi connectivity index (χ3n) is 6.75. The Hall–Kier alpha value is -4.23. The van der Waals surface area contributed by atoms with Gasteiger partial charge < -0.3 is 4.74 Å². The SMILES string of the molecule is COc1ccc2c(c1)C(CC(=O)c1ccc(NS(=O)(=O)c3ccc(-c4ccccc4)cc3)cc1)=NC(C)(C)C2. The first-order valence-corrected chi connectivity index (χ1v) is 14.2. The Morgan fingerprint density at radius 1 is 0.897 bits per heavy atom. The van der Waals surface area contributed by atoms with Crippen LogP contribution >= 0.6 is 0 Å². The quantitative estimate of drug-likeness (QED) is 0.258. The number of hydrogen-bond acceptors (Lipinski definition) is 5. The van der Waals surface area contributed by atoms with E-state index in [0.717, 1.165) is 40.1 Å². The maximum absolute atomic E-state index is 13.2. The first kappa shape index (κ1) is 26.4. The van der Waals surface area contributed by atoms with E-state index in [9.17, 15) is 13.2 Å². The van der Waals surface area contributed by atoms with Gasteiger partial charge in [-0.05, 0) is 85.5 Å². The highest BCUT2D eigenvalue weighted by molar-refractivity contribution is 7.92. The number of aliphatic imine (C=N–C) groups is 1. The van der Waals surface area contributed by atoms with Crippen LogP contribution in [0.3, 0.4) is 0 Å². The van der Waals surface area contributed by atoms with Gasteiger partial charge in [-0.3, -0.25) is 14.5 Å². The first-order valence-electron chi connectivity index (χ1n) is 12.7. The number of hydrogen-bond donors (Lipinski definition) is 1. The number of nitrogens with one attached hydrogen (secondary N) is 1. The molecule has 7 heteroatoms. The minimum Gasteiger partial charge on any atom is -0.497 e. The Balaban J connectivity index is 1.30. The zero-order valence-electron chi connectivity index (χ0n) is 22.1. The molecule has 0 amide bonds. The summed E-state index contributed by atoms with van der Waals surface area (Å²) in [7, 11) is -2.17. The monoisotopic (exact) mass is 538 g/mol. The van der Waals surface area contributed by atoms with Crippen molar-refractivity contribution in [2.75, 3.05) is 11.8 Å². The average Bonchev–Trinajstić information content (AvgIpc) is 2.93. The van der Waals surface area contributed by atoms with Gasteiger partial charge in [-0.25, -0.2) is 8.42 Å². The van der Waals surface area contributed by atoms with Gasteiger partial charge in [-0.1, -0.05) is 48.5 Å². The van der Waals surface area contributed by atoms with Crippen LogP contribution in [0.25, 0.3) is 11.1 Å². The van der Waals surface area contributed by atoms with E-state index in [1.54, 1.807) is 55.6 Å². The zero-order chi connectivity index (χ0) is 27.6. The normalized spacial score (nSPS) is 14.2. The number of benzene rings is 4. The van der Waals surface area contributed by atoms with Crippen molar-refractivity contribution in [1.82, 2.24) is 0 Å². The predicted molar refractivity (Wildman–Crippen MR) is 155 cm³/mol. The molecule has 0 aliphatic carbocycles. The lowest BCUT2D eigenvalue weighted by Crippen LogP contribution is -2.30. The van der Waals surface area contributed by atoms with Gasteiger partial charge in [0.2, 0.25) is 0 Å². The highest BCUT2D eigenvalue weighted by Gasteiger charge is 2.28. The molecule has 4 aromatic rings. The number of fused-ring (bicyclic) bond motifs is 1. The van der Waals surface area contributed by atoms with Crippen molar-refractivity contribution in [2.45, 2.75) is 37.1 Å². The molecule has 6 nitrogen and oxygen atoms in total. The standard InChI is InChI=1S/C32H30N2O4S/c1-32(2)21-25-11-16-27(38-3)19-29(25)30(33-32)20-31(35)24-9-14-26(15-10-24)34-39(36,37)28-17-12-23(13-18-28)22-7-5-4-6-8-22/h4-19,34H,20-21H2,1-3H3. The molecule has 1 aliphatic heterocycles. The predicted octanol–water partition coefficient (Wildman–Crippen LogP) is 6.56. The van der Waals surface area contributed by atoms with Gasteiger partial charge in [0.15, 0.2) is 5.78 Å². The molecule has 0 saturated carbocycles. The van der Waals surface area contributed by atoms with Crippen molar-refractivity contribution in [1.29, 1.82) is 0 Å². The first-order chi connectivity index (χ1) is 18.6. The molecular formula is C32H30N2O4S. The van der Waals surface area contributed by atoms with Crippen LogP contribution in [0.5, 0.6) is 5.75 Å². The smallest absolute Gasteiger partial charge is 0.261 e. The third-order valence-corrected chi connectivity index (χ3v) is 8.14.